The predicted octanol–water partition coefficient (Wildman–Crippen LogP) is 4.11. The molecule has 5 heteroatoms. The lowest BCUT2D eigenvalue weighted by Gasteiger charge is -2.23. The lowest BCUT2D eigenvalue weighted by Crippen LogP contribution is -2.30. The van der Waals surface area contributed by atoms with Gasteiger partial charge in [-0.25, -0.2) is 0 Å². The predicted molar refractivity (Wildman–Crippen MR) is 105 cm³/mol. The number of nitrogens with one attached hydrogen (secondary N) is 1. The third kappa shape index (κ3) is 4.48. The number of carbonyl (C=O) groups is 2. The van der Waals surface area contributed by atoms with Gasteiger partial charge in [0.1, 0.15) is 0 Å². The smallest absolute Gasteiger partial charge is 0.257 e. The molecule has 2 rings (SSSR count). The maximum atomic E-state index is 12.7. The first kappa shape index (κ1) is 19.6. The van der Waals surface area contributed by atoms with Gasteiger partial charge in [-0.3, -0.25) is 14.6 Å². The van der Waals surface area contributed by atoms with Crippen LogP contribution in [0.1, 0.15) is 60.9 Å². The standard InChI is InChI=1S/C21H27N3O2/c1-6-24(7-2)20(26)16-12-15(13-22-14-16)19(25)23-18-11-9-8-10-17(18)21(3,4)5/h8-14H,6-7H2,1-5H3,(H,23,25). The van der Waals surface area contributed by atoms with Crippen LogP contribution in [0.2, 0.25) is 0 Å². The molecule has 0 aliphatic heterocycles. The van der Waals surface area contributed by atoms with Crippen molar-refractivity contribution in [1.29, 1.82) is 0 Å². The molecule has 5 nitrogen and oxygen atoms in total. The average molecular weight is 353 g/mol. The molecule has 0 radical (unpaired) electrons. The molecule has 1 heterocycles. The van der Waals surface area contributed by atoms with E-state index in [0.717, 1.165) is 11.3 Å². The minimum atomic E-state index is -0.275. The molecule has 26 heavy (non-hydrogen) atoms. The summed E-state index contributed by atoms with van der Waals surface area (Å²) in [6, 6.07) is 9.35. The van der Waals surface area contributed by atoms with Crippen molar-refractivity contribution in [1.82, 2.24) is 9.88 Å². The molecule has 2 amide bonds. The number of aromatic nitrogens is 1. The molecule has 0 aliphatic carbocycles. The van der Waals surface area contributed by atoms with Gasteiger partial charge < -0.3 is 10.2 Å². The van der Waals surface area contributed by atoms with Gasteiger partial charge in [0.05, 0.1) is 11.1 Å². The Balaban J connectivity index is 2.27. The summed E-state index contributed by atoms with van der Waals surface area (Å²) in [5.74, 6) is -0.393. The van der Waals surface area contributed by atoms with Gasteiger partial charge in [-0.15, -0.1) is 0 Å². The Bertz CT molecular complexity index is 790. The number of amides is 2. The van der Waals surface area contributed by atoms with Crippen LogP contribution in [0.4, 0.5) is 5.69 Å². The Hall–Kier alpha value is -2.69. The fraction of sp³-hybridized carbons (Fsp3) is 0.381. The molecule has 2 aromatic rings. The zero-order valence-corrected chi connectivity index (χ0v) is 16.2. The fourth-order valence-electron chi connectivity index (χ4n) is 2.82. The Morgan fingerprint density at radius 3 is 2.27 bits per heavy atom. The van der Waals surface area contributed by atoms with Gasteiger partial charge in [0, 0.05) is 31.2 Å². The largest absolute Gasteiger partial charge is 0.339 e. The van der Waals surface area contributed by atoms with Crippen molar-refractivity contribution >= 4 is 17.5 Å². The summed E-state index contributed by atoms with van der Waals surface area (Å²) in [5, 5.41) is 2.95. The van der Waals surface area contributed by atoms with Gasteiger partial charge in [0.25, 0.3) is 11.8 Å². The third-order valence-corrected chi connectivity index (χ3v) is 4.28. The second-order valence-corrected chi connectivity index (χ2v) is 7.19. The van der Waals surface area contributed by atoms with Gasteiger partial charge in [0.2, 0.25) is 0 Å². The van der Waals surface area contributed by atoms with Crippen LogP contribution >= 0.6 is 0 Å². The first-order valence-corrected chi connectivity index (χ1v) is 8.93. The van der Waals surface area contributed by atoms with Crippen molar-refractivity contribution in [2.24, 2.45) is 0 Å². The van der Waals surface area contributed by atoms with Crippen LogP contribution in [0.15, 0.2) is 42.7 Å². The number of anilines is 1. The molecule has 138 valence electrons. The molecule has 0 atom stereocenters. The van der Waals surface area contributed by atoms with Crippen LogP contribution in [0.5, 0.6) is 0 Å². The van der Waals surface area contributed by atoms with E-state index in [4.69, 9.17) is 0 Å². The maximum Gasteiger partial charge on any atom is 0.257 e. The van der Waals surface area contributed by atoms with E-state index in [9.17, 15) is 9.59 Å². The van der Waals surface area contributed by atoms with E-state index in [1.54, 1.807) is 11.0 Å². The molecule has 0 bridgehead atoms. The topological polar surface area (TPSA) is 62.3 Å². The number of benzene rings is 1. The molecule has 1 aromatic carbocycles. The number of nitrogens with zero attached hydrogens (tertiary/aromatic N) is 2. The SMILES string of the molecule is CCN(CC)C(=O)c1cncc(C(=O)Nc2ccccc2C(C)(C)C)c1. The van der Waals surface area contributed by atoms with Gasteiger partial charge in [-0.1, -0.05) is 39.0 Å². The van der Waals surface area contributed by atoms with E-state index in [-0.39, 0.29) is 17.2 Å². The van der Waals surface area contributed by atoms with Crippen LogP contribution in [-0.4, -0.2) is 34.8 Å². The number of carbonyl (C=O) groups excluding carboxylic acids is 2. The summed E-state index contributed by atoms with van der Waals surface area (Å²) in [6.45, 7) is 11.4. The highest BCUT2D eigenvalue weighted by Gasteiger charge is 2.20. The average Bonchev–Trinajstić information content (AvgIpc) is 2.62. The molecular formula is C21H27N3O2. The second-order valence-electron chi connectivity index (χ2n) is 7.19. The van der Waals surface area contributed by atoms with E-state index in [1.807, 2.05) is 38.1 Å². The van der Waals surface area contributed by atoms with Crippen molar-refractivity contribution < 1.29 is 9.59 Å². The van der Waals surface area contributed by atoms with Gasteiger partial charge in [-0.2, -0.15) is 0 Å². The minimum Gasteiger partial charge on any atom is -0.339 e. The van der Waals surface area contributed by atoms with Gasteiger partial charge in [-0.05, 0) is 37.0 Å². The Morgan fingerprint density at radius 2 is 1.65 bits per heavy atom. The van der Waals surface area contributed by atoms with Crippen molar-refractivity contribution in [2.45, 2.75) is 40.0 Å². The number of para-hydroxylation sites is 1. The van der Waals surface area contributed by atoms with Crippen molar-refractivity contribution in [2.75, 3.05) is 18.4 Å². The quantitative estimate of drug-likeness (QED) is 0.880. The lowest BCUT2D eigenvalue weighted by atomic mass is 9.86. The third-order valence-electron chi connectivity index (χ3n) is 4.28. The summed E-state index contributed by atoms with van der Waals surface area (Å²) < 4.78 is 0. The molecule has 0 aliphatic rings. The van der Waals surface area contributed by atoms with Crippen LogP contribution in [0.25, 0.3) is 0 Å². The molecule has 0 fully saturated rings. The summed E-state index contributed by atoms with van der Waals surface area (Å²) in [4.78, 5) is 31.0. The van der Waals surface area contributed by atoms with Gasteiger partial charge in [0.15, 0.2) is 0 Å². The molecule has 0 spiro atoms. The number of rotatable bonds is 5. The van der Waals surface area contributed by atoms with E-state index in [2.05, 4.69) is 31.1 Å². The molecule has 1 aromatic heterocycles. The number of hydrogen-bond acceptors (Lipinski definition) is 3. The minimum absolute atomic E-state index is 0.0946. The van der Waals surface area contributed by atoms with Crippen LogP contribution < -0.4 is 5.32 Å². The van der Waals surface area contributed by atoms with Gasteiger partial charge >= 0.3 is 0 Å². The monoisotopic (exact) mass is 353 g/mol. The van der Waals surface area contributed by atoms with E-state index >= 15 is 0 Å². The molecule has 0 unspecified atom stereocenters. The summed E-state index contributed by atoms with van der Waals surface area (Å²) in [7, 11) is 0. The van der Waals surface area contributed by atoms with Crippen LogP contribution in [-0.2, 0) is 5.41 Å². The van der Waals surface area contributed by atoms with E-state index in [1.165, 1.54) is 12.4 Å². The highest BCUT2D eigenvalue weighted by Crippen LogP contribution is 2.29. The lowest BCUT2D eigenvalue weighted by molar-refractivity contribution is 0.0772. The van der Waals surface area contributed by atoms with E-state index < -0.39 is 0 Å². The number of hydrogen-bond donors (Lipinski definition) is 1. The first-order chi connectivity index (χ1) is 12.3. The molecular weight excluding hydrogens is 326 g/mol. The molecule has 0 saturated carbocycles. The van der Waals surface area contributed by atoms with Crippen LogP contribution in [0.3, 0.4) is 0 Å². The number of pyridine rings is 1. The van der Waals surface area contributed by atoms with Crippen molar-refractivity contribution in [3.05, 3.63) is 59.4 Å². The van der Waals surface area contributed by atoms with Crippen molar-refractivity contribution in [3.8, 4) is 0 Å². The molecule has 0 saturated heterocycles. The maximum absolute atomic E-state index is 12.7. The summed E-state index contributed by atoms with van der Waals surface area (Å²) >= 11 is 0. The Labute approximate surface area is 155 Å². The van der Waals surface area contributed by atoms with Crippen LogP contribution in [0, 0.1) is 0 Å². The zero-order chi connectivity index (χ0) is 19.3. The second kappa shape index (κ2) is 8.13. The Kier molecular flexibility index (Phi) is 6.14. The normalized spacial score (nSPS) is 11.1. The Morgan fingerprint density at radius 1 is 1.04 bits per heavy atom. The van der Waals surface area contributed by atoms with E-state index in [0.29, 0.717) is 24.2 Å². The fourth-order valence-corrected chi connectivity index (χ4v) is 2.82. The summed E-state index contributed by atoms with van der Waals surface area (Å²) in [5.41, 5.74) is 2.52. The molecule has 1 N–H and O–H groups in total. The highest BCUT2D eigenvalue weighted by molar-refractivity contribution is 6.06. The highest BCUT2D eigenvalue weighted by atomic mass is 16.2. The van der Waals surface area contributed by atoms with Crippen molar-refractivity contribution in [3.63, 3.8) is 0 Å². The first-order valence-electron chi connectivity index (χ1n) is 8.93. The summed E-state index contributed by atoms with van der Waals surface area (Å²) in [6.07, 6.45) is 2.98. The zero-order valence-electron chi connectivity index (χ0n) is 16.2.